The molecular weight excluding hydrogens is 490 g/mol. The Balaban J connectivity index is 0.000000391. The second kappa shape index (κ2) is 16.9. The lowest BCUT2D eigenvalue weighted by atomic mass is 10.2. The normalized spacial score (nSPS) is 11.6. The molecule has 0 heterocycles. The number of esters is 1. The van der Waals surface area contributed by atoms with Gasteiger partial charge in [0.25, 0.3) is 0 Å². The van der Waals surface area contributed by atoms with Gasteiger partial charge in [-0.25, -0.2) is 4.79 Å². The van der Waals surface area contributed by atoms with Crippen LogP contribution in [-0.4, -0.2) is 78.7 Å². The van der Waals surface area contributed by atoms with E-state index in [9.17, 15) is 9.59 Å². The van der Waals surface area contributed by atoms with Gasteiger partial charge in [-0.1, -0.05) is 60.7 Å². The number of amides is 1. The molecule has 2 aromatic rings. The van der Waals surface area contributed by atoms with Gasteiger partial charge in [-0.05, 0) is 79.7 Å². The van der Waals surface area contributed by atoms with Crippen molar-refractivity contribution < 1.29 is 19.1 Å². The maximum absolute atomic E-state index is 11.8. The average molecular weight is 542 g/mol. The highest BCUT2D eigenvalue weighted by molar-refractivity contribution is 5.69. The number of ether oxygens (including phenoxy) is 2. The van der Waals surface area contributed by atoms with Crippen molar-refractivity contribution in [2.45, 2.75) is 78.7 Å². The maximum Gasteiger partial charge on any atom is 0.410 e. The Morgan fingerprint density at radius 1 is 0.641 bits per heavy atom. The quantitative estimate of drug-likeness (QED) is 0.315. The predicted octanol–water partition coefficient (Wildman–Crippen LogP) is 6.23. The fraction of sp³-hybridized carbons (Fsp3) is 0.562. The van der Waals surface area contributed by atoms with Gasteiger partial charge in [0.05, 0.1) is 0 Å². The molecule has 0 spiro atoms. The van der Waals surface area contributed by atoms with Gasteiger partial charge in [0.1, 0.15) is 11.2 Å². The van der Waals surface area contributed by atoms with Gasteiger partial charge in [0, 0.05) is 39.6 Å². The Hall–Kier alpha value is -2.90. The van der Waals surface area contributed by atoms with Crippen molar-refractivity contribution in [1.29, 1.82) is 0 Å². The Morgan fingerprint density at radius 2 is 1.08 bits per heavy atom. The summed E-state index contributed by atoms with van der Waals surface area (Å²) in [7, 11) is 5.89. The number of nitrogens with zero attached hydrogens (tertiary/aromatic N) is 3. The highest BCUT2D eigenvalue weighted by Crippen LogP contribution is 2.11. The highest BCUT2D eigenvalue weighted by Gasteiger charge is 2.19. The largest absolute Gasteiger partial charge is 0.460 e. The SMILES string of the molecule is CN(CCCC(=O)OC(C)(C)C)Cc1ccccc1.CN(CCN(C)C(=O)OC(C)(C)C)Cc1ccccc1. The van der Waals surface area contributed by atoms with Crippen molar-refractivity contribution in [2.24, 2.45) is 0 Å². The fourth-order valence-electron chi connectivity index (χ4n) is 3.59. The molecule has 0 unspecified atom stereocenters. The summed E-state index contributed by atoms with van der Waals surface area (Å²) in [5.74, 6) is -0.111. The smallest absolute Gasteiger partial charge is 0.410 e. The number of rotatable bonds is 11. The number of carbonyl (C=O) groups is 2. The summed E-state index contributed by atoms with van der Waals surface area (Å²) < 4.78 is 10.6. The van der Waals surface area contributed by atoms with Crippen molar-refractivity contribution in [3.63, 3.8) is 0 Å². The molecule has 1 amide bonds. The van der Waals surface area contributed by atoms with Crippen LogP contribution >= 0.6 is 0 Å². The second-order valence-electron chi connectivity index (χ2n) is 12.0. The van der Waals surface area contributed by atoms with Gasteiger partial charge in [-0.3, -0.25) is 4.79 Å². The minimum Gasteiger partial charge on any atom is -0.460 e. The lowest BCUT2D eigenvalue weighted by Crippen LogP contribution is -2.38. The van der Waals surface area contributed by atoms with E-state index in [1.165, 1.54) is 11.1 Å². The lowest BCUT2D eigenvalue weighted by molar-refractivity contribution is -0.154. The molecule has 7 heteroatoms. The van der Waals surface area contributed by atoms with Crippen LogP contribution in [0.1, 0.15) is 65.5 Å². The molecule has 0 atom stereocenters. The first-order chi connectivity index (χ1) is 18.1. The number of carbonyl (C=O) groups excluding carboxylic acids is 2. The fourth-order valence-corrected chi connectivity index (χ4v) is 3.59. The van der Waals surface area contributed by atoms with E-state index in [-0.39, 0.29) is 17.7 Å². The van der Waals surface area contributed by atoms with Gasteiger partial charge >= 0.3 is 12.1 Å². The van der Waals surface area contributed by atoms with Gasteiger partial charge in [0.2, 0.25) is 0 Å². The summed E-state index contributed by atoms with van der Waals surface area (Å²) in [4.78, 5) is 29.4. The molecule has 218 valence electrons. The Bertz CT molecular complexity index is 953. The maximum atomic E-state index is 11.8. The first-order valence-corrected chi connectivity index (χ1v) is 13.8. The highest BCUT2D eigenvalue weighted by atomic mass is 16.6. The molecule has 2 rings (SSSR count). The van der Waals surface area contributed by atoms with E-state index in [4.69, 9.17) is 9.47 Å². The number of hydrogen-bond acceptors (Lipinski definition) is 6. The van der Waals surface area contributed by atoms with E-state index in [0.717, 1.165) is 32.6 Å². The van der Waals surface area contributed by atoms with Crippen molar-refractivity contribution in [2.75, 3.05) is 40.8 Å². The molecule has 0 aliphatic heterocycles. The minimum absolute atomic E-state index is 0.111. The number of benzene rings is 2. The third kappa shape index (κ3) is 18.1. The van der Waals surface area contributed by atoms with Crippen molar-refractivity contribution in [3.05, 3.63) is 71.8 Å². The Morgan fingerprint density at radius 3 is 1.51 bits per heavy atom. The number of likely N-dealkylation sites (N-methyl/N-ethyl adjacent to an activating group) is 2. The van der Waals surface area contributed by atoms with E-state index >= 15 is 0 Å². The first kappa shape index (κ1) is 34.1. The van der Waals surface area contributed by atoms with Gasteiger partial charge in [-0.2, -0.15) is 0 Å². The lowest BCUT2D eigenvalue weighted by Gasteiger charge is -2.26. The van der Waals surface area contributed by atoms with E-state index in [1.807, 2.05) is 77.9 Å². The van der Waals surface area contributed by atoms with Crippen LogP contribution in [0.25, 0.3) is 0 Å². The summed E-state index contributed by atoms with van der Waals surface area (Å²) in [5.41, 5.74) is 1.74. The summed E-state index contributed by atoms with van der Waals surface area (Å²) in [6, 6.07) is 20.6. The zero-order chi connectivity index (χ0) is 29.5. The van der Waals surface area contributed by atoms with Crippen LogP contribution in [0.15, 0.2) is 60.7 Å². The average Bonchev–Trinajstić information content (AvgIpc) is 2.82. The zero-order valence-corrected chi connectivity index (χ0v) is 25.7. The molecule has 2 aromatic carbocycles. The first-order valence-electron chi connectivity index (χ1n) is 13.8. The standard InChI is InChI=1S/C16H26N2O2.C16H25NO2/c1-16(2,3)20-15(19)18(5)12-11-17(4)13-14-9-7-6-8-10-14;1-16(2,3)19-15(18)11-8-12-17(4)13-14-9-6-5-7-10-14/h6-10H,11-13H2,1-5H3;5-7,9-10H,8,11-13H2,1-4H3. The molecule has 0 fully saturated rings. The molecule has 7 nitrogen and oxygen atoms in total. The monoisotopic (exact) mass is 541 g/mol. The molecule has 0 saturated carbocycles. The van der Waals surface area contributed by atoms with Crippen LogP contribution in [0.3, 0.4) is 0 Å². The van der Waals surface area contributed by atoms with Gasteiger partial charge < -0.3 is 24.2 Å². The van der Waals surface area contributed by atoms with E-state index in [1.54, 1.807) is 11.9 Å². The summed E-state index contributed by atoms with van der Waals surface area (Å²) in [6.45, 7) is 15.5. The predicted molar refractivity (Wildman–Crippen MR) is 159 cm³/mol. The molecule has 0 N–H and O–H groups in total. The summed E-state index contributed by atoms with van der Waals surface area (Å²) >= 11 is 0. The van der Waals surface area contributed by atoms with Crippen LogP contribution in [0.5, 0.6) is 0 Å². The van der Waals surface area contributed by atoms with Crippen LogP contribution in [0.2, 0.25) is 0 Å². The molecule has 0 bridgehead atoms. The van der Waals surface area contributed by atoms with Crippen LogP contribution < -0.4 is 0 Å². The Labute approximate surface area is 237 Å². The molecule has 39 heavy (non-hydrogen) atoms. The minimum atomic E-state index is -0.443. The van der Waals surface area contributed by atoms with Crippen molar-refractivity contribution in [3.8, 4) is 0 Å². The van der Waals surface area contributed by atoms with E-state index < -0.39 is 5.60 Å². The zero-order valence-electron chi connectivity index (χ0n) is 25.7. The Kier molecular flexibility index (Phi) is 14.8. The van der Waals surface area contributed by atoms with Gasteiger partial charge in [0.15, 0.2) is 0 Å². The topological polar surface area (TPSA) is 62.3 Å². The van der Waals surface area contributed by atoms with Crippen LogP contribution in [0.4, 0.5) is 4.79 Å². The molecule has 0 aromatic heterocycles. The van der Waals surface area contributed by atoms with Crippen molar-refractivity contribution in [1.82, 2.24) is 14.7 Å². The van der Waals surface area contributed by atoms with E-state index in [2.05, 4.69) is 48.2 Å². The van der Waals surface area contributed by atoms with Crippen LogP contribution in [-0.2, 0) is 27.4 Å². The number of hydrogen-bond donors (Lipinski definition) is 0. The van der Waals surface area contributed by atoms with Gasteiger partial charge in [-0.15, -0.1) is 0 Å². The summed E-state index contributed by atoms with van der Waals surface area (Å²) in [5, 5.41) is 0. The van der Waals surface area contributed by atoms with Crippen molar-refractivity contribution >= 4 is 12.1 Å². The third-order valence-electron chi connectivity index (χ3n) is 5.45. The molecule has 0 saturated heterocycles. The van der Waals surface area contributed by atoms with E-state index in [0.29, 0.717) is 13.0 Å². The van der Waals surface area contributed by atoms with Crippen LogP contribution in [0, 0.1) is 0 Å². The summed E-state index contributed by atoms with van der Waals surface area (Å²) in [6.07, 6.45) is 1.04. The second-order valence-corrected chi connectivity index (χ2v) is 12.0. The molecule has 0 radical (unpaired) electrons. The molecule has 0 aliphatic rings. The molecule has 0 aliphatic carbocycles. The third-order valence-corrected chi connectivity index (χ3v) is 5.45. The molecular formula is C32H51N3O4.